The van der Waals surface area contributed by atoms with E-state index in [1.807, 2.05) is 6.07 Å². The lowest BCUT2D eigenvalue weighted by molar-refractivity contribution is -0.899. The van der Waals surface area contributed by atoms with Crippen LogP contribution >= 0.6 is 0 Å². The van der Waals surface area contributed by atoms with E-state index in [0.717, 1.165) is 32.0 Å². The Hall–Kier alpha value is -1.90. The van der Waals surface area contributed by atoms with Crippen molar-refractivity contribution in [2.45, 2.75) is 0 Å². The molecule has 1 amide bonds. The summed E-state index contributed by atoms with van der Waals surface area (Å²) >= 11 is 0. The Bertz CT molecular complexity index is 444. The monoisotopic (exact) mass is 246 g/mol. The minimum atomic E-state index is -0.00314. The first kappa shape index (κ1) is 12.6. The summed E-state index contributed by atoms with van der Waals surface area (Å²) in [5, 5.41) is 11.5. The summed E-state index contributed by atoms with van der Waals surface area (Å²) in [4.78, 5) is 13.0. The second-order valence-corrected chi connectivity index (χ2v) is 4.28. The number of nitrogens with one attached hydrogen (secondary N) is 2. The molecular formula is C13H16N3O2+. The third-order valence-corrected chi connectivity index (χ3v) is 2.91. The van der Waals surface area contributed by atoms with E-state index in [2.05, 4.69) is 5.32 Å². The van der Waals surface area contributed by atoms with Gasteiger partial charge in [-0.1, -0.05) is 0 Å². The molecule has 5 nitrogen and oxygen atoms in total. The fraction of sp³-hybridized carbons (Fsp3) is 0.385. The van der Waals surface area contributed by atoms with E-state index >= 15 is 0 Å². The van der Waals surface area contributed by atoms with Gasteiger partial charge in [0.15, 0.2) is 6.54 Å². The first-order valence-corrected chi connectivity index (χ1v) is 5.99. The molecule has 1 aliphatic rings. The Balaban J connectivity index is 1.84. The van der Waals surface area contributed by atoms with Gasteiger partial charge in [-0.05, 0) is 24.3 Å². The van der Waals surface area contributed by atoms with Crippen molar-refractivity contribution in [3.63, 3.8) is 0 Å². The van der Waals surface area contributed by atoms with Crippen LogP contribution in [0.1, 0.15) is 5.56 Å². The minimum absolute atomic E-state index is 0.00314. The molecule has 94 valence electrons. The molecule has 0 unspecified atom stereocenters. The number of hydrogen-bond acceptors (Lipinski definition) is 3. The topological polar surface area (TPSA) is 66.6 Å². The molecule has 0 aliphatic carbocycles. The summed E-state index contributed by atoms with van der Waals surface area (Å²) in [5.41, 5.74) is 1.32. The van der Waals surface area contributed by atoms with Gasteiger partial charge in [-0.25, -0.2) is 0 Å². The number of carbonyl (C=O) groups excluding carboxylic acids is 1. The molecule has 0 radical (unpaired) electrons. The van der Waals surface area contributed by atoms with Gasteiger partial charge in [0.25, 0.3) is 5.91 Å². The Labute approximate surface area is 106 Å². The van der Waals surface area contributed by atoms with Crippen LogP contribution in [0.2, 0.25) is 0 Å². The maximum Gasteiger partial charge on any atom is 0.279 e. The van der Waals surface area contributed by atoms with Crippen molar-refractivity contribution in [2.75, 3.05) is 38.2 Å². The SMILES string of the molecule is N#Cc1ccc(NC(=O)C[NH+]2CCOCC2)cc1. The number of carbonyl (C=O) groups is 1. The summed E-state index contributed by atoms with van der Waals surface area (Å²) < 4.78 is 5.24. The number of benzene rings is 1. The first-order valence-electron chi connectivity index (χ1n) is 5.99. The van der Waals surface area contributed by atoms with Crippen LogP contribution in [0.25, 0.3) is 0 Å². The predicted molar refractivity (Wildman–Crippen MR) is 66.2 cm³/mol. The van der Waals surface area contributed by atoms with Crippen LogP contribution in [0, 0.1) is 11.3 Å². The van der Waals surface area contributed by atoms with Crippen LogP contribution in [0.4, 0.5) is 5.69 Å². The average Bonchev–Trinajstić information content (AvgIpc) is 2.40. The number of quaternary nitrogens is 1. The summed E-state index contributed by atoms with van der Waals surface area (Å²) in [5.74, 6) is -0.00314. The lowest BCUT2D eigenvalue weighted by atomic mass is 10.2. The molecule has 1 aromatic rings. The quantitative estimate of drug-likeness (QED) is 0.749. The Kier molecular flexibility index (Phi) is 4.29. The fourth-order valence-electron chi connectivity index (χ4n) is 1.90. The van der Waals surface area contributed by atoms with Gasteiger partial charge in [-0.2, -0.15) is 5.26 Å². The number of amides is 1. The largest absolute Gasteiger partial charge is 0.370 e. The summed E-state index contributed by atoms with van der Waals surface area (Å²) in [7, 11) is 0. The van der Waals surface area contributed by atoms with E-state index in [9.17, 15) is 4.79 Å². The minimum Gasteiger partial charge on any atom is -0.370 e. The zero-order chi connectivity index (χ0) is 12.8. The van der Waals surface area contributed by atoms with Gasteiger partial charge in [0.2, 0.25) is 0 Å². The normalized spacial score (nSPS) is 15.9. The van der Waals surface area contributed by atoms with Crippen molar-refractivity contribution in [3.05, 3.63) is 29.8 Å². The predicted octanol–water partition coefficient (Wildman–Crippen LogP) is -0.588. The number of ether oxygens (including phenoxy) is 1. The van der Waals surface area contributed by atoms with E-state index in [-0.39, 0.29) is 5.91 Å². The van der Waals surface area contributed by atoms with E-state index in [1.165, 1.54) is 4.90 Å². The van der Waals surface area contributed by atoms with Crippen molar-refractivity contribution in [1.82, 2.24) is 0 Å². The van der Waals surface area contributed by atoms with Gasteiger partial charge in [-0.15, -0.1) is 0 Å². The van der Waals surface area contributed by atoms with Gasteiger partial charge in [-0.3, -0.25) is 4.79 Å². The van der Waals surface area contributed by atoms with Crippen LogP contribution < -0.4 is 10.2 Å². The highest BCUT2D eigenvalue weighted by atomic mass is 16.5. The molecule has 1 fully saturated rings. The molecule has 18 heavy (non-hydrogen) atoms. The first-order chi connectivity index (χ1) is 8.78. The molecule has 1 aliphatic heterocycles. The van der Waals surface area contributed by atoms with Gasteiger partial charge in [0, 0.05) is 5.69 Å². The van der Waals surface area contributed by atoms with Crippen LogP contribution in [-0.4, -0.2) is 38.8 Å². The van der Waals surface area contributed by atoms with Crippen LogP contribution in [0.5, 0.6) is 0 Å². The van der Waals surface area contributed by atoms with E-state index in [4.69, 9.17) is 10.00 Å². The van der Waals surface area contributed by atoms with Gasteiger partial charge in [0.1, 0.15) is 13.1 Å². The van der Waals surface area contributed by atoms with Crippen molar-refractivity contribution >= 4 is 11.6 Å². The highest BCUT2D eigenvalue weighted by Crippen LogP contribution is 2.07. The molecule has 0 atom stereocenters. The maximum atomic E-state index is 11.8. The lowest BCUT2D eigenvalue weighted by Crippen LogP contribution is -3.15. The third kappa shape index (κ3) is 3.55. The second-order valence-electron chi connectivity index (χ2n) is 4.28. The zero-order valence-electron chi connectivity index (χ0n) is 10.1. The van der Waals surface area contributed by atoms with Crippen molar-refractivity contribution in [1.29, 1.82) is 5.26 Å². The number of nitriles is 1. The van der Waals surface area contributed by atoms with Gasteiger partial charge >= 0.3 is 0 Å². The second kappa shape index (κ2) is 6.15. The van der Waals surface area contributed by atoms with Crippen LogP contribution in [-0.2, 0) is 9.53 Å². The van der Waals surface area contributed by atoms with Crippen LogP contribution in [0.3, 0.4) is 0 Å². The molecule has 0 bridgehead atoms. The van der Waals surface area contributed by atoms with Gasteiger partial charge < -0.3 is 15.0 Å². The number of rotatable bonds is 3. The molecule has 0 spiro atoms. The highest BCUT2D eigenvalue weighted by molar-refractivity contribution is 5.91. The van der Waals surface area contributed by atoms with E-state index in [0.29, 0.717) is 12.1 Å². The smallest absolute Gasteiger partial charge is 0.279 e. The Morgan fingerprint density at radius 2 is 2.00 bits per heavy atom. The highest BCUT2D eigenvalue weighted by Gasteiger charge is 2.17. The van der Waals surface area contributed by atoms with Crippen LogP contribution in [0.15, 0.2) is 24.3 Å². The Morgan fingerprint density at radius 3 is 2.61 bits per heavy atom. The maximum absolute atomic E-state index is 11.8. The average molecular weight is 246 g/mol. The standard InChI is InChI=1S/C13H15N3O2/c14-9-11-1-3-12(4-2-11)15-13(17)10-16-5-7-18-8-6-16/h1-4H,5-8,10H2,(H,15,17)/p+1. The fourth-order valence-corrected chi connectivity index (χ4v) is 1.90. The molecular weight excluding hydrogens is 230 g/mol. The molecule has 1 heterocycles. The number of anilines is 1. The van der Waals surface area contributed by atoms with Crippen molar-refractivity contribution in [2.24, 2.45) is 0 Å². The zero-order valence-corrected chi connectivity index (χ0v) is 10.1. The number of nitrogens with zero attached hydrogens (tertiary/aromatic N) is 1. The van der Waals surface area contributed by atoms with Gasteiger partial charge in [0.05, 0.1) is 24.8 Å². The summed E-state index contributed by atoms with van der Waals surface area (Å²) in [6.07, 6.45) is 0. The third-order valence-electron chi connectivity index (χ3n) is 2.91. The molecule has 5 heteroatoms. The van der Waals surface area contributed by atoms with Crippen molar-refractivity contribution < 1.29 is 14.4 Å². The van der Waals surface area contributed by atoms with E-state index in [1.54, 1.807) is 24.3 Å². The molecule has 0 aromatic heterocycles. The Morgan fingerprint density at radius 1 is 1.33 bits per heavy atom. The number of morpholine rings is 1. The molecule has 1 saturated heterocycles. The molecule has 2 N–H and O–H groups in total. The molecule has 0 saturated carbocycles. The van der Waals surface area contributed by atoms with E-state index < -0.39 is 0 Å². The summed E-state index contributed by atoms with van der Waals surface area (Å²) in [6, 6.07) is 8.91. The van der Waals surface area contributed by atoms with Crippen molar-refractivity contribution in [3.8, 4) is 6.07 Å². The lowest BCUT2D eigenvalue weighted by Gasteiger charge is -2.23. The molecule has 2 rings (SSSR count). The molecule has 1 aromatic carbocycles. The summed E-state index contributed by atoms with van der Waals surface area (Å²) in [6.45, 7) is 3.66. The number of hydrogen-bond donors (Lipinski definition) is 2.